The first-order valence-corrected chi connectivity index (χ1v) is 9.63. The number of hydrogen-bond donors (Lipinski definition) is 2. The van der Waals surface area contributed by atoms with Gasteiger partial charge in [-0.1, -0.05) is 25.9 Å². The normalized spacial score (nSPS) is 12.6. The van der Waals surface area contributed by atoms with Crippen molar-refractivity contribution in [3.05, 3.63) is 35.6 Å². The van der Waals surface area contributed by atoms with Gasteiger partial charge in [-0.05, 0) is 36.5 Å². The largest absolute Gasteiger partial charge is 0.406 e. The molecule has 10 heteroatoms. The van der Waals surface area contributed by atoms with Crippen molar-refractivity contribution in [3.63, 3.8) is 0 Å². The summed E-state index contributed by atoms with van der Waals surface area (Å²) in [6.07, 6.45) is 1.81. The Morgan fingerprint density at radius 2 is 2.13 bits per heavy atom. The summed E-state index contributed by atoms with van der Waals surface area (Å²) in [7, 11) is 0. The Hall–Kier alpha value is -3.48. The van der Waals surface area contributed by atoms with Crippen molar-refractivity contribution in [3.8, 4) is 6.07 Å². The maximum atomic E-state index is 13.8. The van der Waals surface area contributed by atoms with Crippen molar-refractivity contribution < 1.29 is 13.6 Å². The van der Waals surface area contributed by atoms with E-state index in [0.717, 1.165) is 0 Å². The predicted molar refractivity (Wildman–Crippen MR) is 108 cm³/mol. The first-order chi connectivity index (χ1) is 14.2. The molecule has 0 aliphatic carbocycles. The summed E-state index contributed by atoms with van der Waals surface area (Å²) >= 11 is 0. The van der Waals surface area contributed by atoms with E-state index in [-0.39, 0.29) is 17.6 Å². The molecule has 0 bridgehead atoms. The van der Waals surface area contributed by atoms with Crippen molar-refractivity contribution in [2.45, 2.75) is 52.6 Å². The minimum Gasteiger partial charge on any atom is -0.406 e. The van der Waals surface area contributed by atoms with E-state index >= 15 is 0 Å². The van der Waals surface area contributed by atoms with Gasteiger partial charge >= 0.3 is 6.01 Å². The topological polar surface area (TPSA) is 136 Å². The average Bonchev–Trinajstić information content (AvgIpc) is 3.25. The van der Waals surface area contributed by atoms with Crippen LogP contribution in [0.1, 0.15) is 62.5 Å². The molecule has 1 aromatic carbocycles. The van der Waals surface area contributed by atoms with Crippen LogP contribution in [0, 0.1) is 22.6 Å². The number of carbonyl (C=O) groups is 1. The number of hydrogen-bond acceptors (Lipinski definition) is 7. The highest BCUT2D eigenvalue weighted by Crippen LogP contribution is 2.33. The monoisotopic (exact) mass is 413 g/mol. The number of carbonyl (C=O) groups excluding carboxylic acids is 1. The number of nitriles is 1. The molecule has 0 unspecified atom stereocenters. The zero-order chi connectivity index (χ0) is 21.9. The van der Waals surface area contributed by atoms with Gasteiger partial charge < -0.3 is 15.5 Å². The number of nitrogens with zero attached hydrogens (tertiary/aromatic N) is 5. The highest BCUT2D eigenvalue weighted by molar-refractivity contribution is 6.05. The Bertz CT molecular complexity index is 1090. The fourth-order valence-electron chi connectivity index (χ4n) is 3.16. The number of benzene rings is 1. The number of amides is 1. The Labute approximate surface area is 173 Å². The number of unbranched alkanes of at least 4 members (excludes halogenated alkanes) is 2. The van der Waals surface area contributed by atoms with Gasteiger partial charge in [0.1, 0.15) is 11.9 Å². The highest BCUT2D eigenvalue weighted by Gasteiger charge is 2.33. The maximum Gasteiger partial charge on any atom is 0.312 e. The standard InChI is InChI=1S/C20H24FN7O2/c1-20(2,3)16(18-25-26-19(23)30-18)24-17(29)15-13-8-7-12(21)11-14(13)28(27-15)10-6-4-5-9-22/h7-8,11,16H,4-6,10H2,1-3H3,(H2,23,26)(H,24,29)/t16-/m1/s1. The lowest BCUT2D eigenvalue weighted by Gasteiger charge is -2.28. The first-order valence-electron chi connectivity index (χ1n) is 9.63. The van der Waals surface area contributed by atoms with Crippen molar-refractivity contribution in [2.24, 2.45) is 5.41 Å². The molecule has 1 amide bonds. The van der Waals surface area contributed by atoms with E-state index in [2.05, 4.69) is 26.7 Å². The maximum absolute atomic E-state index is 13.8. The van der Waals surface area contributed by atoms with Crippen molar-refractivity contribution in [1.29, 1.82) is 5.26 Å². The van der Waals surface area contributed by atoms with E-state index in [0.29, 0.717) is 36.7 Å². The van der Waals surface area contributed by atoms with Gasteiger partial charge in [0, 0.05) is 18.4 Å². The minimum atomic E-state index is -0.605. The summed E-state index contributed by atoms with van der Waals surface area (Å²) in [6, 6.07) is 5.58. The van der Waals surface area contributed by atoms with Crippen LogP contribution in [0.5, 0.6) is 0 Å². The predicted octanol–water partition coefficient (Wildman–Crippen LogP) is 3.35. The third-order valence-electron chi connectivity index (χ3n) is 4.68. The summed E-state index contributed by atoms with van der Waals surface area (Å²) in [6.45, 7) is 6.22. The van der Waals surface area contributed by atoms with Gasteiger partial charge in [0.15, 0.2) is 5.69 Å². The van der Waals surface area contributed by atoms with Gasteiger partial charge in [-0.3, -0.25) is 9.48 Å². The van der Waals surface area contributed by atoms with Crippen LogP contribution < -0.4 is 11.1 Å². The first kappa shape index (κ1) is 21.2. The summed E-state index contributed by atoms with van der Waals surface area (Å²) < 4.78 is 20.8. The molecule has 0 radical (unpaired) electrons. The molecule has 0 saturated carbocycles. The van der Waals surface area contributed by atoms with E-state index in [1.165, 1.54) is 18.2 Å². The molecule has 9 nitrogen and oxygen atoms in total. The quantitative estimate of drug-likeness (QED) is 0.567. The molecule has 3 rings (SSSR count). The van der Waals surface area contributed by atoms with Crippen molar-refractivity contribution >= 4 is 22.8 Å². The zero-order valence-electron chi connectivity index (χ0n) is 17.1. The van der Waals surface area contributed by atoms with Gasteiger partial charge in [-0.15, -0.1) is 5.10 Å². The lowest BCUT2D eigenvalue weighted by Crippen LogP contribution is -2.37. The number of halogens is 1. The summed E-state index contributed by atoms with van der Waals surface area (Å²) in [4.78, 5) is 13.1. The van der Waals surface area contributed by atoms with Gasteiger partial charge in [0.2, 0.25) is 5.89 Å². The van der Waals surface area contributed by atoms with E-state index < -0.39 is 23.2 Å². The van der Waals surface area contributed by atoms with Gasteiger partial charge in [0.05, 0.1) is 11.6 Å². The third-order valence-corrected chi connectivity index (χ3v) is 4.68. The average molecular weight is 413 g/mol. The Morgan fingerprint density at radius 3 is 2.77 bits per heavy atom. The number of rotatable bonds is 7. The molecule has 0 aliphatic rings. The number of aryl methyl sites for hydroxylation is 1. The van der Waals surface area contributed by atoms with Crippen molar-refractivity contribution in [2.75, 3.05) is 5.73 Å². The number of aromatic nitrogens is 4. The number of nitrogens with one attached hydrogen (secondary N) is 1. The third kappa shape index (κ3) is 4.56. The second kappa shape index (κ2) is 8.49. The summed E-state index contributed by atoms with van der Waals surface area (Å²) in [5.74, 6) is -0.666. The molecule has 3 N–H and O–H groups in total. The summed E-state index contributed by atoms with van der Waals surface area (Å²) in [5, 5.41) is 24.1. The lowest BCUT2D eigenvalue weighted by molar-refractivity contribution is 0.0881. The van der Waals surface area contributed by atoms with E-state index in [4.69, 9.17) is 15.4 Å². The minimum absolute atomic E-state index is 0.0870. The Balaban J connectivity index is 1.92. The van der Waals surface area contributed by atoms with Crippen LogP contribution in [0.2, 0.25) is 0 Å². The van der Waals surface area contributed by atoms with Crippen LogP contribution in [-0.4, -0.2) is 25.9 Å². The van der Waals surface area contributed by atoms with Crippen LogP contribution >= 0.6 is 0 Å². The summed E-state index contributed by atoms with van der Waals surface area (Å²) in [5.41, 5.74) is 5.78. The van der Waals surface area contributed by atoms with E-state index in [1.54, 1.807) is 4.68 Å². The molecule has 158 valence electrons. The van der Waals surface area contributed by atoms with Crippen LogP contribution in [-0.2, 0) is 6.54 Å². The lowest BCUT2D eigenvalue weighted by atomic mass is 9.86. The molecule has 30 heavy (non-hydrogen) atoms. The Morgan fingerprint density at radius 1 is 1.37 bits per heavy atom. The zero-order valence-corrected chi connectivity index (χ0v) is 17.1. The number of fused-ring (bicyclic) bond motifs is 1. The number of anilines is 1. The SMILES string of the molecule is CC(C)(C)[C@H](NC(=O)c1nn(CCCCC#N)c2cc(F)ccc12)c1nnc(N)o1. The fraction of sp³-hybridized carbons (Fsp3) is 0.450. The molecule has 0 saturated heterocycles. The molecular formula is C20H24FN7O2. The van der Waals surface area contributed by atoms with Crippen molar-refractivity contribution in [1.82, 2.24) is 25.3 Å². The van der Waals surface area contributed by atoms with Crippen LogP contribution in [0.15, 0.2) is 22.6 Å². The van der Waals surface area contributed by atoms with E-state index in [1.807, 2.05) is 20.8 Å². The molecule has 3 aromatic rings. The van der Waals surface area contributed by atoms with Gasteiger partial charge in [-0.2, -0.15) is 10.4 Å². The van der Waals surface area contributed by atoms with Crippen LogP contribution in [0.4, 0.5) is 10.4 Å². The van der Waals surface area contributed by atoms with Gasteiger partial charge in [0.25, 0.3) is 5.91 Å². The number of nitrogens with two attached hydrogens (primary N) is 1. The molecule has 2 aromatic heterocycles. The fourth-order valence-corrected chi connectivity index (χ4v) is 3.16. The molecule has 0 spiro atoms. The number of nitrogen functional groups attached to an aromatic ring is 1. The smallest absolute Gasteiger partial charge is 0.312 e. The van der Waals surface area contributed by atoms with E-state index in [9.17, 15) is 9.18 Å². The van der Waals surface area contributed by atoms with Crippen LogP contribution in [0.25, 0.3) is 10.9 Å². The molecule has 0 fully saturated rings. The second-order valence-electron chi connectivity index (χ2n) is 8.10. The molecule has 1 atom stereocenters. The molecule has 0 aliphatic heterocycles. The Kier molecular flexibility index (Phi) is 6.01. The van der Waals surface area contributed by atoms with Gasteiger partial charge in [-0.25, -0.2) is 4.39 Å². The molecule has 2 heterocycles. The highest BCUT2D eigenvalue weighted by atomic mass is 19.1. The molecular weight excluding hydrogens is 389 g/mol. The second-order valence-corrected chi connectivity index (χ2v) is 8.10. The van der Waals surface area contributed by atoms with Crippen LogP contribution in [0.3, 0.4) is 0 Å².